The van der Waals surface area contributed by atoms with Crippen LogP contribution in [0.4, 0.5) is 0 Å². The van der Waals surface area contributed by atoms with Crippen LogP contribution in [-0.2, 0) is 30.8 Å². The number of esters is 1. The number of hydrogen-bond donors (Lipinski definition) is 1. The minimum atomic E-state index is -4.10. The van der Waals surface area contributed by atoms with Gasteiger partial charge in [-0.3, -0.25) is 9.59 Å². The molecule has 146 valence electrons. The molecule has 2 amide bonds. The Kier molecular flexibility index (Phi) is 5.46. The Balaban J connectivity index is 1.75. The van der Waals surface area contributed by atoms with E-state index in [0.29, 0.717) is 4.31 Å². The second-order valence-electron chi connectivity index (χ2n) is 6.15. The van der Waals surface area contributed by atoms with Crippen molar-refractivity contribution >= 4 is 27.8 Å². The topological polar surface area (TPSA) is 110 Å². The van der Waals surface area contributed by atoms with E-state index in [1.54, 1.807) is 30.3 Å². The molecular weight excluding hydrogens is 384 g/mol. The van der Waals surface area contributed by atoms with Gasteiger partial charge in [0.15, 0.2) is 0 Å². The second-order valence-corrected chi connectivity index (χ2v) is 7.98. The third-order valence-electron chi connectivity index (χ3n) is 4.30. The molecule has 9 heteroatoms. The van der Waals surface area contributed by atoms with E-state index in [0.717, 1.165) is 5.56 Å². The number of carbonyl (C=O) groups is 3. The number of nitrogens with one attached hydrogen (secondary N) is 1. The van der Waals surface area contributed by atoms with Gasteiger partial charge in [0, 0.05) is 6.42 Å². The number of ether oxygens (including phenoxy) is 1. The number of nitrogens with zero attached hydrogens (tertiary/aromatic N) is 1. The maximum absolute atomic E-state index is 12.5. The van der Waals surface area contributed by atoms with Crippen molar-refractivity contribution in [1.29, 1.82) is 0 Å². The van der Waals surface area contributed by atoms with Crippen molar-refractivity contribution in [2.75, 3.05) is 13.7 Å². The number of carbonyl (C=O) groups excluding carboxylic acids is 3. The van der Waals surface area contributed by atoms with E-state index < -0.39 is 40.4 Å². The van der Waals surface area contributed by atoms with Crippen molar-refractivity contribution in [2.24, 2.45) is 0 Å². The number of methoxy groups -OCH3 is 1. The fourth-order valence-electron chi connectivity index (χ4n) is 2.94. The summed E-state index contributed by atoms with van der Waals surface area (Å²) in [5.41, 5.74) is 0.805. The van der Waals surface area contributed by atoms with E-state index in [2.05, 4.69) is 5.32 Å². The molecule has 3 rings (SSSR count). The highest BCUT2D eigenvalue weighted by Crippen LogP contribution is 2.29. The lowest BCUT2D eigenvalue weighted by Gasteiger charge is -2.19. The van der Waals surface area contributed by atoms with Crippen LogP contribution in [0.2, 0.25) is 0 Å². The number of fused-ring (bicyclic) bond motifs is 1. The van der Waals surface area contributed by atoms with Crippen LogP contribution < -0.4 is 5.32 Å². The van der Waals surface area contributed by atoms with E-state index >= 15 is 0 Å². The van der Waals surface area contributed by atoms with Crippen LogP contribution in [-0.4, -0.2) is 50.2 Å². The summed E-state index contributed by atoms with van der Waals surface area (Å²) in [6, 6.07) is 13.7. The van der Waals surface area contributed by atoms with Crippen molar-refractivity contribution in [1.82, 2.24) is 9.62 Å². The summed E-state index contributed by atoms with van der Waals surface area (Å²) in [5.74, 6) is -2.23. The summed E-state index contributed by atoms with van der Waals surface area (Å²) in [6.45, 7) is -0.724. The largest absolute Gasteiger partial charge is 0.467 e. The second kappa shape index (κ2) is 7.81. The van der Waals surface area contributed by atoms with Crippen LogP contribution in [0.5, 0.6) is 0 Å². The molecule has 2 aromatic rings. The first-order valence-corrected chi connectivity index (χ1v) is 9.86. The van der Waals surface area contributed by atoms with Gasteiger partial charge in [-0.05, 0) is 17.7 Å². The van der Waals surface area contributed by atoms with Gasteiger partial charge in [0.1, 0.15) is 17.5 Å². The molecule has 0 unspecified atom stereocenters. The molecule has 0 spiro atoms. The highest BCUT2D eigenvalue weighted by Gasteiger charge is 2.42. The smallest absolute Gasteiger partial charge is 0.328 e. The van der Waals surface area contributed by atoms with Crippen LogP contribution in [0.25, 0.3) is 0 Å². The molecule has 1 heterocycles. The third-order valence-corrected chi connectivity index (χ3v) is 6.09. The molecule has 0 saturated heterocycles. The molecule has 0 bridgehead atoms. The first-order valence-electron chi connectivity index (χ1n) is 8.42. The van der Waals surface area contributed by atoms with Gasteiger partial charge in [-0.1, -0.05) is 42.5 Å². The van der Waals surface area contributed by atoms with Gasteiger partial charge in [0.05, 0.1) is 12.7 Å². The van der Waals surface area contributed by atoms with Gasteiger partial charge in [-0.15, -0.1) is 0 Å². The van der Waals surface area contributed by atoms with Gasteiger partial charge in [0.25, 0.3) is 15.9 Å². The van der Waals surface area contributed by atoms with Gasteiger partial charge >= 0.3 is 5.97 Å². The van der Waals surface area contributed by atoms with Crippen molar-refractivity contribution in [2.45, 2.75) is 17.4 Å². The highest BCUT2D eigenvalue weighted by atomic mass is 32.2. The van der Waals surface area contributed by atoms with Crippen LogP contribution in [0, 0.1) is 0 Å². The van der Waals surface area contributed by atoms with Crippen LogP contribution in [0.3, 0.4) is 0 Å². The number of benzene rings is 2. The standard InChI is InChI=1S/C19H18N2O6S/c1-27-19(24)15(11-13-7-3-2-4-8-13)20-17(22)12-21-18(23)14-9-5-6-10-16(14)28(21,25)26/h2-10,15H,11-12H2,1H3,(H,20,22)/t15-/m0/s1. The maximum atomic E-state index is 12.5. The molecule has 28 heavy (non-hydrogen) atoms. The lowest BCUT2D eigenvalue weighted by molar-refractivity contribution is -0.145. The highest BCUT2D eigenvalue weighted by molar-refractivity contribution is 7.90. The summed E-state index contributed by atoms with van der Waals surface area (Å²) in [5, 5.41) is 2.46. The quantitative estimate of drug-likeness (QED) is 0.714. The minimum absolute atomic E-state index is 0.0177. The van der Waals surface area contributed by atoms with Crippen molar-refractivity contribution in [3.63, 3.8) is 0 Å². The zero-order chi connectivity index (χ0) is 20.3. The summed E-state index contributed by atoms with van der Waals surface area (Å²) >= 11 is 0. The average molecular weight is 402 g/mol. The molecule has 0 saturated carbocycles. The molecule has 2 aromatic carbocycles. The van der Waals surface area contributed by atoms with Gasteiger partial charge in [-0.25, -0.2) is 17.5 Å². The maximum Gasteiger partial charge on any atom is 0.328 e. The number of rotatable bonds is 6. The molecule has 0 aliphatic carbocycles. The Labute approximate surface area is 162 Å². The predicted molar refractivity (Wildman–Crippen MR) is 98.8 cm³/mol. The molecule has 1 N–H and O–H groups in total. The number of hydrogen-bond acceptors (Lipinski definition) is 6. The van der Waals surface area contributed by atoms with Crippen LogP contribution in [0.1, 0.15) is 15.9 Å². The normalized spacial score (nSPS) is 15.6. The van der Waals surface area contributed by atoms with E-state index in [-0.39, 0.29) is 16.9 Å². The minimum Gasteiger partial charge on any atom is -0.467 e. The molecule has 0 aromatic heterocycles. The van der Waals surface area contributed by atoms with E-state index in [1.165, 1.54) is 25.3 Å². The molecule has 1 aliphatic heterocycles. The van der Waals surface area contributed by atoms with Crippen LogP contribution in [0.15, 0.2) is 59.5 Å². The molecule has 0 radical (unpaired) electrons. The van der Waals surface area contributed by atoms with Crippen LogP contribution >= 0.6 is 0 Å². The Morgan fingerprint density at radius 2 is 1.71 bits per heavy atom. The SMILES string of the molecule is COC(=O)[C@H](Cc1ccccc1)NC(=O)CN1C(=O)c2ccccc2S1(=O)=O. The average Bonchev–Trinajstić information content (AvgIpc) is 2.89. The summed E-state index contributed by atoms with van der Waals surface area (Å²) in [6.07, 6.45) is 0.167. The zero-order valence-corrected chi connectivity index (χ0v) is 15.8. The lowest BCUT2D eigenvalue weighted by atomic mass is 10.1. The van der Waals surface area contributed by atoms with Gasteiger partial charge in [-0.2, -0.15) is 0 Å². The van der Waals surface area contributed by atoms with Gasteiger partial charge in [0.2, 0.25) is 5.91 Å². The first-order chi connectivity index (χ1) is 13.3. The fraction of sp³-hybridized carbons (Fsp3) is 0.211. The third kappa shape index (κ3) is 3.74. The van der Waals surface area contributed by atoms with Gasteiger partial charge < -0.3 is 10.1 Å². The van der Waals surface area contributed by atoms with E-state index in [9.17, 15) is 22.8 Å². The molecular formula is C19H18N2O6S. The number of sulfonamides is 1. The predicted octanol–water partition coefficient (Wildman–Crippen LogP) is 0.732. The summed E-state index contributed by atoms with van der Waals surface area (Å²) < 4.78 is 30.3. The van der Waals surface area contributed by atoms with E-state index in [4.69, 9.17) is 4.74 Å². The Morgan fingerprint density at radius 1 is 1.07 bits per heavy atom. The lowest BCUT2D eigenvalue weighted by Crippen LogP contribution is -2.48. The Morgan fingerprint density at radius 3 is 2.36 bits per heavy atom. The van der Waals surface area contributed by atoms with Crippen molar-refractivity contribution in [3.8, 4) is 0 Å². The van der Waals surface area contributed by atoms with E-state index in [1.807, 2.05) is 6.07 Å². The first kappa shape index (κ1) is 19.6. The molecule has 1 aliphatic rings. The number of amides is 2. The van der Waals surface area contributed by atoms with Crippen molar-refractivity contribution in [3.05, 3.63) is 65.7 Å². The van der Waals surface area contributed by atoms with Crippen molar-refractivity contribution < 1.29 is 27.5 Å². The Hall–Kier alpha value is -3.20. The summed E-state index contributed by atoms with van der Waals surface area (Å²) in [4.78, 5) is 36.7. The zero-order valence-electron chi connectivity index (χ0n) is 15.0. The monoisotopic (exact) mass is 402 g/mol. The summed E-state index contributed by atoms with van der Waals surface area (Å²) in [7, 11) is -2.91. The molecule has 0 fully saturated rings. The fourth-order valence-corrected chi connectivity index (χ4v) is 4.47. The Bertz CT molecular complexity index is 1020. The molecule has 1 atom stereocenters. The molecule has 8 nitrogen and oxygen atoms in total.